The minimum absolute atomic E-state index is 0.0133. The van der Waals surface area contributed by atoms with Gasteiger partial charge in [-0.3, -0.25) is 14.9 Å². The molecule has 1 atom stereocenters. The molecule has 19 heavy (non-hydrogen) atoms. The van der Waals surface area contributed by atoms with E-state index in [1.807, 2.05) is 0 Å². The number of hydrogen-bond donors (Lipinski definition) is 3. The molecule has 0 heterocycles. The van der Waals surface area contributed by atoms with Crippen LogP contribution in [0.4, 0.5) is 11.4 Å². The van der Waals surface area contributed by atoms with Crippen LogP contribution < -0.4 is 11.1 Å². The lowest BCUT2D eigenvalue weighted by atomic mass is 10.1. The number of aliphatic carboxylic acids is 1. The number of carboxylic acids is 1. The Kier molecular flexibility index (Phi) is 4.41. The number of hydrogen-bond acceptors (Lipinski definition) is 5. The van der Waals surface area contributed by atoms with Crippen LogP contribution in [0.3, 0.4) is 0 Å². The summed E-state index contributed by atoms with van der Waals surface area (Å²) in [5.74, 6) is -1.91. The van der Waals surface area contributed by atoms with Gasteiger partial charge in [0.25, 0.3) is 5.69 Å². The number of nitrogens with two attached hydrogens (primary N) is 1. The molecule has 4 N–H and O–H groups in total. The summed E-state index contributed by atoms with van der Waals surface area (Å²) < 4.78 is 0. The topological polar surface area (TPSA) is 136 Å². The molecule has 0 saturated heterocycles. The molecule has 0 saturated carbocycles. The fraction of sp³-hybridized carbons (Fsp3) is 0.273. The number of rotatable bonds is 6. The summed E-state index contributed by atoms with van der Waals surface area (Å²) in [4.78, 5) is 32.0. The number of primary amides is 1. The number of nitrogens with zero attached hydrogens (tertiary/aromatic N) is 1. The molecule has 8 nitrogen and oxygen atoms in total. The Morgan fingerprint density at radius 1 is 1.53 bits per heavy atom. The van der Waals surface area contributed by atoms with Crippen molar-refractivity contribution in [1.82, 2.24) is 0 Å². The highest BCUT2D eigenvalue weighted by Gasteiger charge is 2.21. The number of carbonyl (C=O) groups is 2. The van der Waals surface area contributed by atoms with E-state index in [0.717, 1.165) is 6.07 Å². The van der Waals surface area contributed by atoms with Gasteiger partial charge >= 0.3 is 5.97 Å². The molecule has 8 heteroatoms. The number of amides is 1. The van der Waals surface area contributed by atoms with E-state index in [-0.39, 0.29) is 17.7 Å². The summed E-state index contributed by atoms with van der Waals surface area (Å²) in [5, 5.41) is 22.4. The first-order valence-corrected chi connectivity index (χ1v) is 5.44. The van der Waals surface area contributed by atoms with Crippen molar-refractivity contribution in [2.24, 2.45) is 5.73 Å². The minimum atomic E-state index is -1.12. The zero-order chi connectivity index (χ0) is 14.6. The van der Waals surface area contributed by atoms with E-state index < -0.39 is 28.5 Å². The minimum Gasteiger partial charge on any atom is -0.480 e. The number of carboxylic acid groups (broad SMARTS) is 1. The average Bonchev–Trinajstić information content (AvgIpc) is 2.35. The number of nitro benzene ring substituents is 1. The Bertz CT molecular complexity index is 529. The maximum Gasteiger partial charge on any atom is 0.326 e. The highest BCUT2D eigenvalue weighted by atomic mass is 16.6. The maximum absolute atomic E-state index is 11.0. The predicted octanol–water partition coefficient (Wildman–Crippen LogP) is 0.969. The van der Waals surface area contributed by atoms with Crippen LogP contribution in [0.25, 0.3) is 0 Å². The molecule has 1 unspecified atom stereocenters. The fourth-order valence-electron chi connectivity index (χ4n) is 1.48. The molecule has 1 aromatic carbocycles. The third-order valence-corrected chi connectivity index (χ3v) is 2.52. The highest BCUT2D eigenvalue weighted by molar-refractivity contribution is 5.94. The average molecular weight is 267 g/mol. The Labute approximate surface area is 108 Å². The number of nitro groups is 1. The van der Waals surface area contributed by atoms with Crippen molar-refractivity contribution in [2.45, 2.75) is 19.4 Å². The summed E-state index contributed by atoms with van der Waals surface area (Å²) in [6, 6.07) is 2.63. The summed E-state index contributed by atoms with van der Waals surface area (Å²) >= 11 is 0. The second-order valence-electron chi connectivity index (χ2n) is 3.80. The van der Waals surface area contributed by atoms with Gasteiger partial charge in [0.05, 0.1) is 4.92 Å². The van der Waals surface area contributed by atoms with Crippen LogP contribution in [-0.2, 0) is 4.79 Å². The Morgan fingerprint density at radius 3 is 2.58 bits per heavy atom. The van der Waals surface area contributed by atoms with Crippen molar-refractivity contribution >= 4 is 23.3 Å². The third kappa shape index (κ3) is 3.41. The molecule has 0 aliphatic rings. The molecule has 1 amide bonds. The van der Waals surface area contributed by atoms with Crippen LogP contribution in [0.5, 0.6) is 0 Å². The Morgan fingerprint density at radius 2 is 2.16 bits per heavy atom. The monoisotopic (exact) mass is 267 g/mol. The van der Waals surface area contributed by atoms with E-state index in [1.54, 1.807) is 6.92 Å². The van der Waals surface area contributed by atoms with Gasteiger partial charge in [0.2, 0.25) is 5.91 Å². The van der Waals surface area contributed by atoms with Gasteiger partial charge in [0.15, 0.2) is 0 Å². The van der Waals surface area contributed by atoms with Crippen LogP contribution in [0.1, 0.15) is 23.7 Å². The standard InChI is InChI=1S/C11H13N3O5/c1-2-7(11(16)17)13-8-4-3-6(10(12)15)5-9(8)14(18)19/h3-5,7,13H,2H2,1H3,(H2,12,15)(H,16,17). The van der Waals surface area contributed by atoms with Crippen molar-refractivity contribution in [2.75, 3.05) is 5.32 Å². The first kappa shape index (κ1) is 14.4. The van der Waals surface area contributed by atoms with E-state index >= 15 is 0 Å². The molecule has 0 aliphatic heterocycles. The van der Waals surface area contributed by atoms with E-state index in [1.165, 1.54) is 12.1 Å². The largest absolute Gasteiger partial charge is 0.480 e. The smallest absolute Gasteiger partial charge is 0.326 e. The molecular formula is C11H13N3O5. The molecule has 0 bridgehead atoms. The van der Waals surface area contributed by atoms with Gasteiger partial charge in [0, 0.05) is 11.6 Å². The van der Waals surface area contributed by atoms with E-state index in [4.69, 9.17) is 10.8 Å². The molecule has 0 fully saturated rings. The van der Waals surface area contributed by atoms with Gasteiger partial charge in [-0.1, -0.05) is 6.92 Å². The number of nitrogens with one attached hydrogen (secondary N) is 1. The van der Waals surface area contributed by atoms with Gasteiger partial charge in [0.1, 0.15) is 11.7 Å². The van der Waals surface area contributed by atoms with Crippen molar-refractivity contribution in [3.05, 3.63) is 33.9 Å². The quantitative estimate of drug-likeness (QED) is 0.519. The van der Waals surface area contributed by atoms with Crippen LogP contribution in [0.15, 0.2) is 18.2 Å². The summed E-state index contributed by atoms with van der Waals surface area (Å²) in [6.45, 7) is 1.63. The van der Waals surface area contributed by atoms with Gasteiger partial charge in [-0.05, 0) is 18.6 Å². The number of carbonyl (C=O) groups excluding carboxylic acids is 1. The molecule has 102 valence electrons. The van der Waals surface area contributed by atoms with Crippen molar-refractivity contribution < 1.29 is 19.6 Å². The van der Waals surface area contributed by atoms with E-state index in [9.17, 15) is 19.7 Å². The number of anilines is 1. The third-order valence-electron chi connectivity index (χ3n) is 2.52. The van der Waals surface area contributed by atoms with Gasteiger partial charge in [-0.2, -0.15) is 0 Å². The van der Waals surface area contributed by atoms with E-state index in [2.05, 4.69) is 5.32 Å². The predicted molar refractivity (Wildman–Crippen MR) is 67.0 cm³/mol. The first-order valence-electron chi connectivity index (χ1n) is 5.44. The maximum atomic E-state index is 11.0. The van der Waals surface area contributed by atoms with Crippen LogP contribution in [0, 0.1) is 10.1 Å². The SMILES string of the molecule is CCC(Nc1ccc(C(N)=O)cc1[N+](=O)[O-])C(=O)O. The molecule has 0 radical (unpaired) electrons. The molecule has 1 aromatic rings. The Hall–Kier alpha value is -2.64. The van der Waals surface area contributed by atoms with Crippen molar-refractivity contribution in [3.8, 4) is 0 Å². The number of benzene rings is 1. The molecule has 0 aliphatic carbocycles. The highest BCUT2D eigenvalue weighted by Crippen LogP contribution is 2.26. The second-order valence-corrected chi connectivity index (χ2v) is 3.80. The van der Waals surface area contributed by atoms with Gasteiger partial charge in [-0.15, -0.1) is 0 Å². The lowest BCUT2D eigenvalue weighted by Crippen LogP contribution is -2.28. The normalized spacial score (nSPS) is 11.6. The molecule has 1 rings (SSSR count). The lowest BCUT2D eigenvalue weighted by molar-refractivity contribution is -0.384. The van der Waals surface area contributed by atoms with Crippen molar-refractivity contribution in [3.63, 3.8) is 0 Å². The van der Waals surface area contributed by atoms with Crippen molar-refractivity contribution in [1.29, 1.82) is 0 Å². The zero-order valence-electron chi connectivity index (χ0n) is 10.1. The molecular weight excluding hydrogens is 254 g/mol. The fourth-order valence-corrected chi connectivity index (χ4v) is 1.48. The van der Waals surface area contributed by atoms with E-state index in [0.29, 0.717) is 0 Å². The summed E-state index contributed by atoms with van der Waals surface area (Å²) in [5.41, 5.74) is 4.66. The molecule has 0 aromatic heterocycles. The Balaban J connectivity index is 3.16. The second kappa shape index (κ2) is 5.80. The first-order chi connectivity index (χ1) is 8.86. The summed E-state index contributed by atoms with van der Waals surface area (Å²) in [7, 11) is 0. The van der Waals surface area contributed by atoms with Crippen LogP contribution >= 0.6 is 0 Å². The van der Waals surface area contributed by atoms with Crippen LogP contribution in [0.2, 0.25) is 0 Å². The van der Waals surface area contributed by atoms with Gasteiger partial charge < -0.3 is 16.2 Å². The zero-order valence-corrected chi connectivity index (χ0v) is 10.1. The van der Waals surface area contributed by atoms with Gasteiger partial charge in [-0.25, -0.2) is 4.79 Å². The van der Waals surface area contributed by atoms with Crippen LogP contribution in [-0.4, -0.2) is 27.9 Å². The molecule has 0 spiro atoms. The lowest BCUT2D eigenvalue weighted by Gasteiger charge is -2.13. The summed E-state index contributed by atoms with van der Waals surface area (Å²) in [6.07, 6.45) is 0.254.